The lowest BCUT2D eigenvalue weighted by atomic mass is 10.2. The second kappa shape index (κ2) is 32.6. The minimum Gasteiger partial charge on any atom is -0.775 e. The summed E-state index contributed by atoms with van der Waals surface area (Å²) in [5.74, 6) is 0. The van der Waals surface area contributed by atoms with E-state index in [0.717, 1.165) is 44.0 Å². The summed E-state index contributed by atoms with van der Waals surface area (Å²) in [6, 6.07) is 24.0. The third-order valence-corrected chi connectivity index (χ3v) is 12.1. The molecule has 4 heterocycles. The summed E-state index contributed by atoms with van der Waals surface area (Å²) in [6.45, 7) is 0. The maximum Gasteiger partial charge on any atom is 0.275 e. The molecule has 4 aromatic rings. The molecule has 0 aliphatic heterocycles. The second-order valence-electron chi connectivity index (χ2n) is 12.8. The Morgan fingerprint density at radius 1 is 0.294 bits per heavy atom. The van der Waals surface area contributed by atoms with E-state index in [2.05, 4.69) is 19.9 Å². The van der Waals surface area contributed by atoms with Crippen molar-refractivity contribution in [3.05, 3.63) is 97.6 Å². The Morgan fingerprint density at radius 3 is 0.515 bits per heavy atom. The summed E-state index contributed by atoms with van der Waals surface area (Å²) in [5.41, 5.74) is 4.38. The molecule has 0 bridgehead atoms. The van der Waals surface area contributed by atoms with Crippen LogP contribution in [0.15, 0.2) is 97.6 Å². The van der Waals surface area contributed by atoms with Crippen molar-refractivity contribution in [2.75, 3.05) is 50.3 Å². The molecule has 388 valence electrons. The summed E-state index contributed by atoms with van der Waals surface area (Å²) in [6.07, 6.45) is 1.65. The van der Waals surface area contributed by atoms with Gasteiger partial charge in [-0.15, -0.1) is 0 Å². The summed E-state index contributed by atoms with van der Waals surface area (Å²) in [5, 5.41) is 3.06. The van der Waals surface area contributed by atoms with E-state index >= 15 is 0 Å². The number of aromatic nitrogens is 4. The van der Waals surface area contributed by atoms with Gasteiger partial charge in [0.1, 0.15) is 50.3 Å². The molecule has 8 unspecified atom stereocenters. The van der Waals surface area contributed by atoms with E-state index in [1.807, 2.05) is 97.6 Å². The first-order valence-electron chi connectivity index (χ1n) is 18.1. The molecule has 0 aliphatic carbocycles. The zero-order valence-electron chi connectivity index (χ0n) is 34.9. The van der Waals surface area contributed by atoms with Gasteiger partial charge in [0.25, 0.3) is 22.8 Å². The molecule has 0 aromatic carbocycles. The van der Waals surface area contributed by atoms with Crippen LogP contribution in [0.25, 0.3) is 22.8 Å². The third-order valence-electron chi connectivity index (χ3n) is 6.30. The molecule has 20 N–H and O–H groups in total. The highest BCUT2D eigenvalue weighted by Crippen LogP contribution is 2.29. The van der Waals surface area contributed by atoms with E-state index in [1.54, 1.807) is 0 Å². The van der Waals surface area contributed by atoms with Gasteiger partial charge in [-0.2, -0.15) is 0 Å². The minimum atomic E-state index is -4.43. The maximum atomic E-state index is 10.00. The van der Waals surface area contributed by atoms with Gasteiger partial charge in [0.15, 0.2) is 85.6 Å². The van der Waals surface area contributed by atoms with Crippen LogP contribution in [0.4, 0.5) is 0 Å². The van der Waals surface area contributed by atoms with Crippen LogP contribution in [0, 0.1) is 0 Å². The van der Waals surface area contributed by atoms with Crippen LogP contribution in [-0.4, -0.2) is 89.4 Å². The van der Waals surface area contributed by atoms with Crippen molar-refractivity contribution in [1.29, 1.82) is 0 Å². The van der Waals surface area contributed by atoms with Crippen LogP contribution in [-0.2, 0) is 36.5 Å². The van der Waals surface area contributed by atoms with Crippen LogP contribution in [0.1, 0.15) is 0 Å². The summed E-state index contributed by atoms with van der Waals surface area (Å²) < 4.78 is 80.0. The number of aromatic amines is 4. The third kappa shape index (κ3) is 51.5. The Balaban J connectivity index is 0. The fraction of sp³-hybridized carbons (Fsp3) is 0.286. The highest BCUT2D eigenvalue weighted by Gasteiger charge is 2.12. The van der Waals surface area contributed by atoms with Gasteiger partial charge in [0, 0.05) is 48.5 Å². The van der Waals surface area contributed by atoms with Gasteiger partial charge < -0.3 is 136 Å². The zero-order chi connectivity index (χ0) is 52.9. The Morgan fingerprint density at radius 2 is 0.426 bits per heavy atom. The number of nitrogens with one attached hydrogen (secondary N) is 4. The average Bonchev–Trinajstić information content (AvgIpc) is 3.16. The highest BCUT2D eigenvalue weighted by atomic mass is 31.2. The minimum absolute atomic E-state index is 0.750. The average molecular weight is 1130 g/mol. The van der Waals surface area contributed by atoms with Crippen molar-refractivity contribution >= 4 is 60.8 Å². The Bertz CT molecular complexity index is 1950. The Kier molecular flexibility index (Phi) is 32.4. The number of quaternary nitrogens is 4. The van der Waals surface area contributed by atoms with Crippen molar-refractivity contribution in [2.45, 2.75) is 0 Å². The van der Waals surface area contributed by atoms with E-state index in [1.165, 1.54) is 0 Å². The monoisotopic (exact) mass is 1130 g/mol. The van der Waals surface area contributed by atoms with Crippen molar-refractivity contribution in [3.8, 4) is 22.8 Å². The normalized spacial score (nSPS) is 17.8. The SMILES string of the molecule is O=P([O-])(O)C[NH2+]CP(=O)([O-])O.O=P([O-])(O)C[NH2+]CP(=O)([O-])O.O=P([O-])(O)C[NH2+]CP(=O)([O-])O.O=P([O-])(O)C[NH2+]CP(=O)([O-])O.c1ccc(-c2cccc[nH+]2)[nH+]c1.c1ccc(-c2cccc[nH+]2)[nH+]c1. The zero-order valence-corrected chi connectivity index (χ0v) is 42.0. The molecule has 0 saturated heterocycles. The fourth-order valence-electron chi connectivity index (χ4n) is 3.78. The molecule has 40 heteroatoms. The van der Waals surface area contributed by atoms with Gasteiger partial charge in [-0.3, -0.25) is 0 Å². The molecule has 68 heavy (non-hydrogen) atoms. The van der Waals surface area contributed by atoms with Crippen molar-refractivity contribution in [2.24, 2.45) is 0 Å². The Labute approximate surface area is 386 Å². The van der Waals surface area contributed by atoms with Crippen LogP contribution in [0.5, 0.6) is 0 Å². The standard InChI is InChI=1S/2C10H8N2.4C2H9NO6P2/c2*1-3-7-11-9(5-1)10-6-2-4-8-12-10;4*4-10(5,6)1-3-2-11(7,8)9/h2*1-8H;4*3H,1-2H2,(H2,4,5,6)(H2,7,8,9). The quantitative estimate of drug-likeness (QED) is 0.0412. The van der Waals surface area contributed by atoms with E-state index in [0.29, 0.717) is 0 Å². The molecule has 0 amide bonds. The summed E-state index contributed by atoms with van der Waals surface area (Å²) >= 11 is 0. The molecule has 8 atom stereocenters. The highest BCUT2D eigenvalue weighted by molar-refractivity contribution is 7.52. The topological polar surface area (TPSA) is 606 Å². The molecule has 4 aromatic heterocycles. The largest absolute Gasteiger partial charge is 0.775 e. The van der Waals surface area contributed by atoms with E-state index < -0.39 is 111 Å². The molecule has 32 nitrogen and oxygen atoms in total. The predicted molar refractivity (Wildman–Crippen MR) is 215 cm³/mol. The van der Waals surface area contributed by atoms with Gasteiger partial charge in [-0.05, 0) is 24.3 Å². The summed E-state index contributed by atoms with van der Waals surface area (Å²) in [4.78, 5) is 157. The Hall–Kier alpha value is -2.36. The van der Waals surface area contributed by atoms with E-state index in [4.69, 9.17) is 39.1 Å². The van der Waals surface area contributed by atoms with Gasteiger partial charge in [0.2, 0.25) is 0 Å². The molecular weight excluding hydrogens is 1080 g/mol. The number of pyridine rings is 4. The van der Waals surface area contributed by atoms with Gasteiger partial charge in [-0.25, -0.2) is 19.9 Å². The molecular formula is C28H52N8O24P8. The number of hydrogen-bond donors (Lipinski definition) is 12. The number of hydrogen-bond acceptors (Lipinski definition) is 16. The van der Waals surface area contributed by atoms with Crippen LogP contribution < -0.4 is 80.4 Å². The lowest BCUT2D eigenvalue weighted by Crippen LogP contribution is -2.84. The van der Waals surface area contributed by atoms with Crippen LogP contribution >= 0.6 is 60.8 Å². The first-order chi connectivity index (χ1) is 30.8. The van der Waals surface area contributed by atoms with Gasteiger partial charge in [-0.1, -0.05) is 0 Å². The van der Waals surface area contributed by atoms with Crippen molar-refractivity contribution < 1.29 is 156 Å². The number of rotatable bonds is 18. The lowest BCUT2D eigenvalue weighted by Gasteiger charge is -2.17. The first-order valence-corrected chi connectivity index (χ1v) is 32.2. The second-order valence-corrected chi connectivity index (χ2v) is 25.9. The van der Waals surface area contributed by atoms with E-state index in [-0.39, 0.29) is 0 Å². The lowest BCUT2D eigenvalue weighted by molar-refractivity contribution is -0.629. The first kappa shape index (κ1) is 67.7. The van der Waals surface area contributed by atoms with Gasteiger partial charge >= 0.3 is 0 Å². The summed E-state index contributed by atoms with van der Waals surface area (Å²) in [7, 11) is -35.4. The molecule has 0 fully saturated rings. The fourth-order valence-corrected chi connectivity index (χ4v) is 8.24. The number of H-pyrrole nitrogens is 4. The van der Waals surface area contributed by atoms with Crippen molar-refractivity contribution in [3.63, 3.8) is 0 Å². The molecule has 0 spiro atoms. The predicted octanol–water partition coefficient (Wildman–Crippen LogP) is -11.8. The maximum absolute atomic E-state index is 10.00. The van der Waals surface area contributed by atoms with Crippen molar-refractivity contribution in [1.82, 2.24) is 0 Å². The smallest absolute Gasteiger partial charge is 0.275 e. The van der Waals surface area contributed by atoms with Crippen LogP contribution in [0.2, 0.25) is 0 Å². The molecule has 0 saturated carbocycles. The molecule has 4 rings (SSSR count). The van der Waals surface area contributed by atoms with Crippen LogP contribution in [0.3, 0.4) is 0 Å². The number of nitrogens with two attached hydrogens (primary N) is 4. The van der Waals surface area contributed by atoms with Gasteiger partial charge in [0.05, 0.1) is 0 Å². The molecule has 0 aliphatic rings. The molecule has 0 radical (unpaired) electrons. The van der Waals surface area contributed by atoms with E-state index in [9.17, 15) is 75.7 Å².